The van der Waals surface area contributed by atoms with E-state index in [0.717, 1.165) is 0 Å². The lowest BCUT2D eigenvalue weighted by atomic mass is 10.1. The molecule has 5 heteroatoms. The molecule has 0 amide bonds. The zero-order valence-electron chi connectivity index (χ0n) is 9.01. The van der Waals surface area contributed by atoms with Gasteiger partial charge in [0.25, 0.3) is 5.52 Å². The van der Waals surface area contributed by atoms with Gasteiger partial charge < -0.3 is 5.21 Å². The third kappa shape index (κ3) is 1.72. The molecule has 2 aromatic rings. The van der Waals surface area contributed by atoms with Crippen LogP contribution < -0.4 is 9.64 Å². The molecule has 0 aliphatic carbocycles. The van der Waals surface area contributed by atoms with E-state index in [1.165, 1.54) is 4.80 Å². The zero-order valence-corrected chi connectivity index (χ0v) is 9.01. The standard InChI is InChI=1S/C10H13N4O/c1-10(2,3)14-11-8-6-4-5-7-9(8)13(15)12-14/h4-7H,1-3H3/q+1. The van der Waals surface area contributed by atoms with Gasteiger partial charge >= 0.3 is 5.21 Å². The van der Waals surface area contributed by atoms with Gasteiger partial charge in [0.2, 0.25) is 11.1 Å². The van der Waals surface area contributed by atoms with Crippen LogP contribution in [0.1, 0.15) is 20.8 Å². The van der Waals surface area contributed by atoms with Crippen LogP contribution in [0, 0.1) is 5.21 Å². The second-order valence-corrected chi connectivity index (χ2v) is 4.41. The molecule has 0 fully saturated rings. The Kier molecular flexibility index (Phi) is 2.03. The van der Waals surface area contributed by atoms with Crippen LogP contribution in [0.4, 0.5) is 0 Å². The Labute approximate surface area is 87.5 Å². The molecule has 1 aromatic heterocycles. The Morgan fingerprint density at radius 3 is 2.53 bits per heavy atom. The minimum absolute atomic E-state index is 0.295. The highest BCUT2D eigenvalue weighted by Gasteiger charge is 2.30. The predicted molar refractivity (Wildman–Crippen MR) is 53.7 cm³/mol. The first-order valence-corrected chi connectivity index (χ1v) is 4.78. The smallest absolute Gasteiger partial charge is 0.312 e. The summed E-state index contributed by atoms with van der Waals surface area (Å²) in [5, 5.41) is 19.7. The number of nitrogens with zero attached hydrogens (tertiary/aromatic N) is 4. The van der Waals surface area contributed by atoms with Crippen LogP contribution in [0.25, 0.3) is 11.0 Å². The van der Waals surface area contributed by atoms with Crippen LogP contribution in [0.15, 0.2) is 24.3 Å². The molecule has 0 aliphatic heterocycles. The van der Waals surface area contributed by atoms with Gasteiger partial charge in [-0.1, -0.05) is 12.1 Å². The first-order chi connectivity index (χ1) is 6.98. The third-order valence-electron chi connectivity index (χ3n) is 2.06. The van der Waals surface area contributed by atoms with Crippen molar-refractivity contribution in [2.75, 3.05) is 0 Å². The summed E-state index contributed by atoms with van der Waals surface area (Å²) in [7, 11) is 0. The maximum Gasteiger partial charge on any atom is 0.312 e. The average Bonchev–Trinajstić information content (AvgIpc) is 2.16. The Hall–Kier alpha value is -1.78. The Balaban J connectivity index is 2.73. The number of benzene rings is 1. The van der Waals surface area contributed by atoms with Crippen LogP contribution in [-0.4, -0.2) is 10.3 Å². The lowest BCUT2D eigenvalue weighted by molar-refractivity contribution is -0.941. The molecule has 0 N–H and O–H groups in total. The Bertz CT molecular complexity index is 504. The first-order valence-electron chi connectivity index (χ1n) is 4.78. The monoisotopic (exact) mass is 205 g/mol. The van der Waals surface area contributed by atoms with E-state index < -0.39 is 0 Å². The summed E-state index contributed by atoms with van der Waals surface area (Å²) in [6.45, 7) is 5.84. The summed E-state index contributed by atoms with van der Waals surface area (Å²) < 4.78 is 0. The highest BCUT2D eigenvalue weighted by atomic mass is 16.5. The molecule has 0 atom stereocenters. The van der Waals surface area contributed by atoms with Crippen molar-refractivity contribution in [3.63, 3.8) is 0 Å². The number of para-hydroxylation sites is 1. The van der Waals surface area contributed by atoms with Gasteiger partial charge in [0.15, 0.2) is 0 Å². The maximum absolute atomic E-state index is 11.6. The van der Waals surface area contributed by atoms with E-state index in [1.54, 1.807) is 18.2 Å². The molecule has 0 unspecified atom stereocenters. The molecule has 2 rings (SSSR count). The second kappa shape index (κ2) is 3.12. The summed E-state index contributed by atoms with van der Waals surface area (Å²) >= 11 is 0. The minimum atomic E-state index is -0.295. The van der Waals surface area contributed by atoms with Crippen LogP contribution in [0.2, 0.25) is 0 Å². The lowest BCUT2D eigenvalue weighted by Crippen LogP contribution is -2.62. The van der Waals surface area contributed by atoms with Gasteiger partial charge in [-0.25, -0.2) is 0 Å². The SMILES string of the molecule is CC(C)(C)[n+]1nc2ccccc2[n+]([O-])n1. The van der Waals surface area contributed by atoms with Gasteiger partial charge in [-0.2, -0.15) is 0 Å². The van der Waals surface area contributed by atoms with Gasteiger partial charge in [-0.15, -0.1) is 0 Å². The van der Waals surface area contributed by atoms with E-state index in [4.69, 9.17) is 0 Å². The number of rotatable bonds is 0. The van der Waals surface area contributed by atoms with Crippen LogP contribution in [-0.2, 0) is 5.54 Å². The molecule has 15 heavy (non-hydrogen) atoms. The number of aromatic nitrogens is 4. The molecular formula is C10H13N4O+. The van der Waals surface area contributed by atoms with Crippen molar-refractivity contribution >= 4 is 11.0 Å². The van der Waals surface area contributed by atoms with Crippen molar-refractivity contribution in [3.8, 4) is 0 Å². The largest absolute Gasteiger partial charge is 0.590 e. The fraction of sp³-hybridized carbons (Fsp3) is 0.400. The minimum Gasteiger partial charge on any atom is -0.590 e. The van der Waals surface area contributed by atoms with Crippen molar-refractivity contribution in [1.29, 1.82) is 0 Å². The van der Waals surface area contributed by atoms with Crippen molar-refractivity contribution in [2.24, 2.45) is 0 Å². The molecule has 1 heterocycles. The van der Waals surface area contributed by atoms with Gasteiger partial charge in [0.05, 0.1) is 4.80 Å². The molecule has 0 saturated carbocycles. The highest BCUT2D eigenvalue weighted by Crippen LogP contribution is 2.04. The van der Waals surface area contributed by atoms with Crippen molar-refractivity contribution in [2.45, 2.75) is 26.3 Å². The number of hydrogen-bond donors (Lipinski definition) is 0. The van der Waals surface area contributed by atoms with Crippen molar-refractivity contribution < 1.29 is 9.64 Å². The lowest BCUT2D eigenvalue weighted by Gasteiger charge is -2.05. The van der Waals surface area contributed by atoms with E-state index >= 15 is 0 Å². The van der Waals surface area contributed by atoms with Crippen molar-refractivity contribution in [3.05, 3.63) is 29.5 Å². The average molecular weight is 205 g/mol. The van der Waals surface area contributed by atoms with E-state index in [9.17, 15) is 5.21 Å². The molecule has 0 aliphatic rings. The molecule has 0 bridgehead atoms. The molecule has 0 saturated heterocycles. The van der Waals surface area contributed by atoms with E-state index in [0.29, 0.717) is 15.9 Å². The first kappa shape index (κ1) is 9.76. The van der Waals surface area contributed by atoms with Gasteiger partial charge in [-0.05, 0) is 6.07 Å². The number of hydrogen-bond acceptors (Lipinski definition) is 3. The summed E-state index contributed by atoms with van der Waals surface area (Å²) in [6.07, 6.45) is 0. The highest BCUT2D eigenvalue weighted by molar-refractivity contribution is 5.69. The van der Waals surface area contributed by atoms with Crippen molar-refractivity contribution in [1.82, 2.24) is 10.3 Å². The molecule has 78 valence electrons. The molecule has 0 radical (unpaired) electrons. The predicted octanol–water partition coefficient (Wildman–Crippen LogP) is 0.306. The molecular weight excluding hydrogens is 192 g/mol. The summed E-state index contributed by atoms with van der Waals surface area (Å²) in [5.74, 6) is 0. The fourth-order valence-electron chi connectivity index (χ4n) is 1.24. The quantitative estimate of drug-likeness (QED) is 0.459. The van der Waals surface area contributed by atoms with E-state index in [1.807, 2.05) is 26.8 Å². The van der Waals surface area contributed by atoms with E-state index in [-0.39, 0.29) is 5.54 Å². The summed E-state index contributed by atoms with van der Waals surface area (Å²) in [4.78, 5) is 2.04. The zero-order chi connectivity index (χ0) is 11.1. The Morgan fingerprint density at radius 2 is 1.87 bits per heavy atom. The van der Waals surface area contributed by atoms with Crippen LogP contribution >= 0.6 is 0 Å². The van der Waals surface area contributed by atoms with Gasteiger partial charge in [0.1, 0.15) is 0 Å². The van der Waals surface area contributed by atoms with E-state index in [2.05, 4.69) is 10.3 Å². The third-order valence-corrected chi connectivity index (χ3v) is 2.06. The molecule has 5 nitrogen and oxygen atoms in total. The number of fused-ring (bicyclic) bond motifs is 1. The summed E-state index contributed by atoms with van der Waals surface area (Å²) in [6, 6.07) is 7.15. The van der Waals surface area contributed by atoms with Gasteiger partial charge in [-0.3, -0.25) is 0 Å². The molecule has 0 spiro atoms. The Morgan fingerprint density at radius 1 is 1.20 bits per heavy atom. The summed E-state index contributed by atoms with van der Waals surface area (Å²) in [5.41, 5.74) is 0.839. The van der Waals surface area contributed by atoms with Gasteiger partial charge in [0, 0.05) is 36.8 Å². The maximum atomic E-state index is 11.6. The van der Waals surface area contributed by atoms with Crippen LogP contribution in [0.3, 0.4) is 0 Å². The second-order valence-electron chi connectivity index (χ2n) is 4.41. The van der Waals surface area contributed by atoms with Crippen LogP contribution in [0.5, 0.6) is 0 Å². The normalized spacial score (nSPS) is 11.9. The fourth-order valence-corrected chi connectivity index (χ4v) is 1.24. The molecule has 1 aromatic carbocycles. The topological polar surface area (TPSA) is 56.6 Å².